The number of fused-ring (bicyclic) bond motifs is 2. The van der Waals surface area contributed by atoms with Crippen molar-refractivity contribution in [1.82, 2.24) is 39.5 Å². The van der Waals surface area contributed by atoms with E-state index in [0.717, 1.165) is 79.2 Å². The van der Waals surface area contributed by atoms with Gasteiger partial charge < -0.3 is 22.1 Å². The normalized spacial score (nSPS) is 17.8. The van der Waals surface area contributed by atoms with Gasteiger partial charge >= 0.3 is 0 Å². The molecule has 0 saturated heterocycles. The van der Waals surface area contributed by atoms with Crippen LogP contribution in [0.4, 0.5) is 23.3 Å². The lowest BCUT2D eigenvalue weighted by Gasteiger charge is -2.10. The van der Waals surface area contributed by atoms with E-state index in [2.05, 4.69) is 40.8 Å². The number of nitrogen functional groups attached to an aromatic ring is 2. The van der Waals surface area contributed by atoms with Crippen LogP contribution in [-0.4, -0.2) is 51.3 Å². The maximum Gasteiger partial charge on any atom is 0.229 e. The fraction of sp³-hybridized carbons (Fsp3) is 0.217. The van der Waals surface area contributed by atoms with E-state index in [1.807, 2.05) is 126 Å². The number of nitrogens with one attached hydrogen (secondary N) is 2. The topological polar surface area (TPSA) is 197 Å². The van der Waals surface area contributed by atoms with Crippen molar-refractivity contribution < 1.29 is 9.59 Å². The van der Waals surface area contributed by atoms with Crippen molar-refractivity contribution in [3.63, 3.8) is 0 Å². The third-order valence-electron chi connectivity index (χ3n) is 11.4. The Balaban J connectivity index is 0.000000154. The Labute approximate surface area is 346 Å². The molecule has 300 valence electrons. The van der Waals surface area contributed by atoms with Gasteiger partial charge in [-0.2, -0.15) is 10.2 Å². The van der Waals surface area contributed by atoms with E-state index in [1.165, 1.54) is 0 Å². The van der Waals surface area contributed by atoms with Crippen LogP contribution in [0.1, 0.15) is 46.9 Å². The van der Waals surface area contributed by atoms with Crippen molar-refractivity contribution in [1.29, 1.82) is 0 Å². The summed E-state index contributed by atoms with van der Waals surface area (Å²) in [6.45, 7) is 4.09. The number of aromatic nitrogens is 8. The minimum Gasteiger partial charge on any atom is -0.383 e. The summed E-state index contributed by atoms with van der Waals surface area (Å²) in [6.07, 6.45) is 12.6. The summed E-state index contributed by atoms with van der Waals surface area (Å²) < 4.78 is 3.52. The molecule has 2 fully saturated rings. The molecule has 2 saturated carbocycles. The molecule has 14 nitrogen and oxygen atoms in total. The zero-order valence-electron chi connectivity index (χ0n) is 33.7. The molecule has 0 radical (unpaired) electrons. The maximum atomic E-state index is 12.7. The van der Waals surface area contributed by atoms with Crippen molar-refractivity contribution in [3.8, 4) is 22.5 Å². The second-order valence-corrected chi connectivity index (χ2v) is 15.8. The van der Waals surface area contributed by atoms with Gasteiger partial charge in [0, 0.05) is 72.6 Å². The van der Waals surface area contributed by atoms with Gasteiger partial charge in [0.15, 0.2) is 0 Å². The molecule has 0 aliphatic heterocycles. The first kappa shape index (κ1) is 38.1. The maximum absolute atomic E-state index is 12.7. The monoisotopic (exact) mass is 796 g/mol. The van der Waals surface area contributed by atoms with Gasteiger partial charge in [-0.15, -0.1) is 0 Å². The summed E-state index contributed by atoms with van der Waals surface area (Å²) in [5.74, 6) is 2.22. The number of carbonyl (C=O) groups is 2. The van der Waals surface area contributed by atoms with Gasteiger partial charge in [-0.1, -0.05) is 48.5 Å². The fourth-order valence-electron chi connectivity index (χ4n) is 7.89. The second kappa shape index (κ2) is 15.4. The van der Waals surface area contributed by atoms with E-state index in [9.17, 15) is 9.59 Å². The summed E-state index contributed by atoms with van der Waals surface area (Å²) in [6, 6.07) is 23.8. The molecule has 10 rings (SSSR count). The van der Waals surface area contributed by atoms with Crippen molar-refractivity contribution >= 4 is 56.6 Å². The van der Waals surface area contributed by atoms with Crippen molar-refractivity contribution in [2.24, 2.45) is 25.9 Å². The summed E-state index contributed by atoms with van der Waals surface area (Å²) in [5, 5.41) is 17.6. The highest BCUT2D eigenvalue weighted by Gasteiger charge is 2.45. The van der Waals surface area contributed by atoms with Crippen molar-refractivity contribution in [2.75, 3.05) is 22.1 Å². The van der Waals surface area contributed by atoms with E-state index in [4.69, 9.17) is 11.5 Å². The molecular weight excluding hydrogens is 753 g/mol. The van der Waals surface area contributed by atoms with Gasteiger partial charge in [0.25, 0.3) is 0 Å². The predicted octanol–water partition coefficient (Wildman–Crippen LogP) is 7.33. The smallest absolute Gasteiger partial charge is 0.229 e. The first-order valence-electron chi connectivity index (χ1n) is 19.8. The lowest BCUT2D eigenvalue weighted by atomic mass is 10.0. The summed E-state index contributed by atoms with van der Waals surface area (Å²) >= 11 is 0. The molecule has 14 heteroatoms. The molecule has 0 spiro atoms. The Bertz CT molecular complexity index is 2750. The molecule has 60 heavy (non-hydrogen) atoms. The predicted molar refractivity (Wildman–Crippen MR) is 234 cm³/mol. The Kier molecular flexibility index (Phi) is 9.74. The van der Waals surface area contributed by atoms with Crippen LogP contribution in [0, 0.1) is 25.7 Å². The number of nitrogens with two attached hydrogens (primary N) is 2. The first-order valence-corrected chi connectivity index (χ1v) is 19.8. The van der Waals surface area contributed by atoms with E-state index in [-0.39, 0.29) is 35.5 Å². The molecule has 2 amide bonds. The zero-order chi connectivity index (χ0) is 41.7. The Morgan fingerprint density at radius 2 is 1.03 bits per heavy atom. The summed E-state index contributed by atoms with van der Waals surface area (Å²) in [7, 11) is 3.76. The molecule has 2 aliphatic rings. The average molecular weight is 797 g/mol. The number of carbonyl (C=O) groups excluding carboxylic acids is 2. The molecular formula is C46H44N12O2. The fourth-order valence-corrected chi connectivity index (χ4v) is 7.89. The third kappa shape index (κ3) is 7.74. The van der Waals surface area contributed by atoms with Gasteiger partial charge in [-0.25, -0.2) is 19.9 Å². The highest BCUT2D eigenvalue weighted by molar-refractivity contribution is 6.00. The molecule has 6 N–H and O–H groups in total. The molecule has 6 aromatic heterocycles. The molecule has 4 atom stereocenters. The highest BCUT2D eigenvalue weighted by atomic mass is 16.2. The number of aryl methyl sites for hydroxylation is 4. The number of anilines is 4. The van der Waals surface area contributed by atoms with Crippen LogP contribution in [0.5, 0.6) is 0 Å². The van der Waals surface area contributed by atoms with Crippen LogP contribution in [0.25, 0.3) is 44.1 Å². The SMILES string of the molecule is Cc1ccccc1-c1cc2cc(NC(=O)[C@@H]3C[C@H]3c3cnn(C)c3)ncc2c(N)n1.Cc1ccccc1-c1cc2cc(NC(=O)[C@H]3C[C@@H]3c3cnn(C)c3)ncc2c(N)n1. The van der Waals surface area contributed by atoms with E-state index < -0.39 is 0 Å². The number of pyridine rings is 4. The van der Waals surface area contributed by atoms with Crippen molar-refractivity contribution in [3.05, 3.63) is 132 Å². The lowest BCUT2D eigenvalue weighted by molar-refractivity contribution is -0.118. The molecule has 8 aromatic rings. The average Bonchev–Trinajstić information content (AvgIpc) is 4.13. The van der Waals surface area contributed by atoms with Gasteiger partial charge in [0.2, 0.25) is 11.8 Å². The Morgan fingerprint density at radius 1 is 0.617 bits per heavy atom. The van der Waals surface area contributed by atoms with Crippen LogP contribution < -0.4 is 22.1 Å². The number of hydrogen-bond donors (Lipinski definition) is 4. The number of benzene rings is 2. The van der Waals surface area contributed by atoms with Crippen LogP contribution in [-0.2, 0) is 23.7 Å². The first-order chi connectivity index (χ1) is 29.0. The standard InChI is InChI=1S/2C23H22N6O/c2*1-13-5-3-4-6-16(13)20-7-14-8-21(25-11-19(14)22(24)27-20)28-23(30)18-9-17(18)15-10-26-29(2)12-15/h2*3-8,10-12,17-18H,9H2,1-2H3,(H2,24,27)(H,25,28,30)/t2*17-,18+/m10/s1. The number of rotatable bonds is 8. The van der Waals surface area contributed by atoms with Gasteiger partial charge in [0.05, 0.1) is 23.8 Å². The number of nitrogens with zero attached hydrogens (tertiary/aromatic N) is 8. The van der Waals surface area contributed by atoms with Crippen LogP contribution in [0.2, 0.25) is 0 Å². The minimum atomic E-state index is -0.0447. The summed E-state index contributed by atoms with van der Waals surface area (Å²) in [5.41, 5.74) is 20.5. The second-order valence-electron chi connectivity index (χ2n) is 15.8. The van der Waals surface area contributed by atoms with Gasteiger partial charge in [-0.3, -0.25) is 19.0 Å². The van der Waals surface area contributed by atoms with Gasteiger partial charge in [0.1, 0.15) is 23.3 Å². The zero-order valence-corrected chi connectivity index (χ0v) is 33.7. The molecule has 0 bridgehead atoms. The molecule has 6 heterocycles. The Morgan fingerprint density at radius 3 is 1.42 bits per heavy atom. The van der Waals surface area contributed by atoms with E-state index in [1.54, 1.807) is 21.8 Å². The van der Waals surface area contributed by atoms with Crippen LogP contribution in [0.15, 0.2) is 110 Å². The summed E-state index contributed by atoms with van der Waals surface area (Å²) in [4.78, 5) is 43.2. The molecule has 2 aliphatic carbocycles. The molecule has 2 aromatic carbocycles. The third-order valence-corrected chi connectivity index (χ3v) is 11.4. The highest BCUT2D eigenvalue weighted by Crippen LogP contribution is 2.48. The Hall–Kier alpha value is -7.48. The largest absolute Gasteiger partial charge is 0.383 e. The minimum absolute atomic E-state index is 0.0168. The lowest BCUT2D eigenvalue weighted by Crippen LogP contribution is -2.15. The van der Waals surface area contributed by atoms with Crippen LogP contribution in [0.3, 0.4) is 0 Å². The van der Waals surface area contributed by atoms with E-state index >= 15 is 0 Å². The van der Waals surface area contributed by atoms with Gasteiger partial charge in [-0.05, 0) is 95.8 Å². The van der Waals surface area contributed by atoms with Crippen LogP contribution >= 0.6 is 0 Å². The van der Waals surface area contributed by atoms with E-state index in [0.29, 0.717) is 23.3 Å². The quantitative estimate of drug-likeness (QED) is 0.121. The number of hydrogen-bond acceptors (Lipinski definition) is 10. The number of amides is 2. The molecule has 0 unspecified atom stereocenters. The van der Waals surface area contributed by atoms with Crippen molar-refractivity contribution in [2.45, 2.75) is 38.5 Å².